The normalized spacial score (nSPS) is 18.7. The van der Waals surface area contributed by atoms with Gasteiger partial charge in [-0.15, -0.1) is 0 Å². The van der Waals surface area contributed by atoms with Crippen molar-refractivity contribution in [1.29, 1.82) is 0 Å². The first-order chi connectivity index (χ1) is 20.2. The predicted molar refractivity (Wildman–Crippen MR) is 142 cm³/mol. The molecule has 1 aromatic carbocycles. The van der Waals surface area contributed by atoms with Gasteiger partial charge in [-0.2, -0.15) is 0 Å². The topological polar surface area (TPSA) is 128 Å². The lowest BCUT2D eigenvalue weighted by molar-refractivity contribution is -0.119. The van der Waals surface area contributed by atoms with Gasteiger partial charge in [0, 0.05) is 18.3 Å². The van der Waals surface area contributed by atoms with Gasteiger partial charge < -0.3 is 20.7 Å². The van der Waals surface area contributed by atoms with Gasteiger partial charge in [-0.1, -0.05) is 0 Å². The van der Waals surface area contributed by atoms with Crippen LogP contribution in [0.2, 0.25) is 0 Å². The first kappa shape index (κ1) is 28.5. The van der Waals surface area contributed by atoms with Crippen molar-refractivity contribution in [2.45, 2.75) is 44.8 Å². The minimum absolute atomic E-state index is 0.0393. The van der Waals surface area contributed by atoms with Crippen LogP contribution in [-0.2, 0) is 16.8 Å². The van der Waals surface area contributed by atoms with E-state index in [1.165, 1.54) is 10.5 Å². The SMILES string of the molecule is Cc1nc2c(OCc3c(F)ccc(F)c3F)cccn2c1-c1nc2c(c(C(=O)N3CC(N)C(F)(F)C3)n1)C(C)(C)C(=O)N2. The summed E-state index contributed by atoms with van der Waals surface area (Å²) in [6.45, 7) is 2.76. The number of rotatable bonds is 5. The Labute approximate surface area is 240 Å². The summed E-state index contributed by atoms with van der Waals surface area (Å²) in [4.78, 5) is 40.8. The number of aryl methyl sites for hydroxylation is 1. The average Bonchev–Trinajstić information content (AvgIpc) is 3.51. The maximum absolute atomic E-state index is 14.3. The number of likely N-dealkylation sites (tertiary alicyclic amines) is 1. The summed E-state index contributed by atoms with van der Waals surface area (Å²) in [7, 11) is 0. The monoisotopic (exact) mass is 601 g/mol. The number of carbonyl (C=O) groups is 2. The Morgan fingerprint density at radius 2 is 1.86 bits per heavy atom. The van der Waals surface area contributed by atoms with Crippen molar-refractivity contribution >= 4 is 23.3 Å². The van der Waals surface area contributed by atoms with Crippen LogP contribution in [0.5, 0.6) is 5.75 Å². The van der Waals surface area contributed by atoms with Crippen molar-refractivity contribution in [3.63, 3.8) is 0 Å². The molecular weight excluding hydrogens is 577 g/mol. The molecule has 5 heterocycles. The first-order valence-electron chi connectivity index (χ1n) is 13.1. The second-order valence-corrected chi connectivity index (χ2v) is 11.0. The lowest BCUT2D eigenvalue weighted by Crippen LogP contribution is -2.38. The number of fused-ring (bicyclic) bond motifs is 2. The smallest absolute Gasteiger partial charge is 0.281 e. The summed E-state index contributed by atoms with van der Waals surface area (Å²) in [6.07, 6.45) is 1.57. The quantitative estimate of drug-likeness (QED) is 0.264. The summed E-state index contributed by atoms with van der Waals surface area (Å²) in [5.74, 6) is -8.14. The van der Waals surface area contributed by atoms with Crippen LogP contribution < -0.4 is 15.8 Å². The molecule has 1 unspecified atom stereocenters. The molecule has 3 N–H and O–H groups in total. The Morgan fingerprint density at radius 3 is 2.56 bits per heavy atom. The molecule has 6 rings (SSSR count). The van der Waals surface area contributed by atoms with Crippen LogP contribution in [0.15, 0.2) is 30.5 Å². The Bertz CT molecular complexity index is 1840. The molecule has 10 nitrogen and oxygen atoms in total. The van der Waals surface area contributed by atoms with Crippen LogP contribution in [0.1, 0.15) is 41.2 Å². The van der Waals surface area contributed by atoms with E-state index in [1.807, 2.05) is 0 Å². The van der Waals surface area contributed by atoms with Crippen LogP contribution in [0.3, 0.4) is 0 Å². The molecule has 0 radical (unpaired) electrons. The zero-order chi connectivity index (χ0) is 31.0. The van der Waals surface area contributed by atoms with Crippen molar-refractivity contribution in [2.75, 3.05) is 18.4 Å². The summed E-state index contributed by atoms with van der Waals surface area (Å²) >= 11 is 0. The van der Waals surface area contributed by atoms with Crippen LogP contribution in [0.25, 0.3) is 17.2 Å². The fourth-order valence-corrected chi connectivity index (χ4v) is 5.28. The van der Waals surface area contributed by atoms with Crippen LogP contribution in [0, 0.1) is 24.4 Å². The van der Waals surface area contributed by atoms with E-state index >= 15 is 0 Å². The average molecular weight is 602 g/mol. The van der Waals surface area contributed by atoms with Crippen molar-refractivity contribution < 1.29 is 36.3 Å². The Kier molecular flexibility index (Phi) is 6.41. The fourth-order valence-electron chi connectivity index (χ4n) is 5.28. The summed E-state index contributed by atoms with van der Waals surface area (Å²) in [6, 6.07) is 2.92. The number of pyridine rings is 1. The van der Waals surface area contributed by atoms with E-state index in [0.717, 1.165) is 11.0 Å². The van der Waals surface area contributed by atoms with Crippen LogP contribution in [-0.4, -0.2) is 61.1 Å². The second kappa shape index (κ2) is 9.69. The van der Waals surface area contributed by atoms with E-state index in [-0.39, 0.29) is 40.0 Å². The van der Waals surface area contributed by atoms with E-state index in [4.69, 9.17) is 10.5 Å². The Hall–Kier alpha value is -4.66. The molecule has 0 bridgehead atoms. The number of amides is 2. The number of hydrogen-bond acceptors (Lipinski definition) is 7. The van der Waals surface area contributed by atoms with E-state index in [2.05, 4.69) is 20.3 Å². The number of alkyl halides is 2. The standard InChI is InChI=1S/C28H24F5N7O3/c1-12-21(40-8-4-5-16(24(40)35-12)43-10-13-14(29)6-7-15(30)19(13)31)23-36-20(18-22(37-23)38-26(42)27(18,2)3)25(41)39-9-17(34)28(32,33)11-39/h4-8,17H,9-11,34H2,1-3H3,(H,36,37,38,42). The summed E-state index contributed by atoms with van der Waals surface area (Å²) < 4.78 is 77.7. The van der Waals surface area contributed by atoms with Crippen molar-refractivity contribution in [3.8, 4) is 17.3 Å². The molecule has 1 fully saturated rings. The molecule has 0 saturated carbocycles. The van der Waals surface area contributed by atoms with Crippen molar-refractivity contribution in [2.24, 2.45) is 5.73 Å². The number of benzene rings is 1. The molecule has 0 aliphatic carbocycles. The third-order valence-corrected chi connectivity index (χ3v) is 7.70. The minimum Gasteiger partial charge on any atom is -0.485 e. The molecule has 0 spiro atoms. The highest BCUT2D eigenvalue weighted by molar-refractivity contribution is 6.09. The fraction of sp³-hybridized carbons (Fsp3) is 0.321. The summed E-state index contributed by atoms with van der Waals surface area (Å²) in [5.41, 5.74) is 4.41. The highest BCUT2D eigenvalue weighted by Crippen LogP contribution is 2.41. The number of hydrogen-bond donors (Lipinski definition) is 2. The molecular formula is C28H24F5N7O3. The molecule has 4 aromatic rings. The number of nitrogens with two attached hydrogens (primary N) is 1. The van der Waals surface area contributed by atoms with E-state index in [1.54, 1.807) is 33.0 Å². The summed E-state index contributed by atoms with van der Waals surface area (Å²) in [5, 5.41) is 2.64. The number of aromatic nitrogens is 4. The first-order valence-corrected chi connectivity index (χ1v) is 13.1. The highest BCUT2D eigenvalue weighted by Gasteiger charge is 2.50. The number of halogens is 5. The third-order valence-electron chi connectivity index (χ3n) is 7.70. The lowest BCUT2D eigenvalue weighted by atomic mass is 9.85. The van der Waals surface area contributed by atoms with Gasteiger partial charge in [0.25, 0.3) is 11.8 Å². The van der Waals surface area contributed by atoms with Gasteiger partial charge in [0.2, 0.25) is 5.91 Å². The maximum atomic E-state index is 14.3. The van der Waals surface area contributed by atoms with E-state index in [0.29, 0.717) is 11.8 Å². The number of anilines is 1. The maximum Gasteiger partial charge on any atom is 0.281 e. The Balaban J connectivity index is 1.44. The number of nitrogens with zero attached hydrogens (tertiary/aromatic N) is 5. The van der Waals surface area contributed by atoms with Gasteiger partial charge >= 0.3 is 0 Å². The minimum atomic E-state index is -3.30. The number of ether oxygens (including phenoxy) is 1. The molecule has 2 aliphatic rings. The Morgan fingerprint density at radius 1 is 1.14 bits per heavy atom. The largest absolute Gasteiger partial charge is 0.485 e. The van der Waals surface area contributed by atoms with Gasteiger partial charge in [-0.05, 0) is 45.0 Å². The van der Waals surface area contributed by atoms with E-state index in [9.17, 15) is 31.5 Å². The van der Waals surface area contributed by atoms with Gasteiger partial charge in [-0.3, -0.25) is 14.0 Å². The molecule has 2 amide bonds. The van der Waals surface area contributed by atoms with Crippen molar-refractivity contribution in [1.82, 2.24) is 24.3 Å². The zero-order valence-electron chi connectivity index (χ0n) is 23.0. The number of nitrogens with one attached hydrogen (secondary N) is 1. The van der Waals surface area contributed by atoms with Gasteiger partial charge in [0.1, 0.15) is 29.6 Å². The lowest BCUT2D eigenvalue weighted by Gasteiger charge is -2.21. The van der Waals surface area contributed by atoms with Crippen LogP contribution >= 0.6 is 0 Å². The number of carbonyl (C=O) groups excluding carboxylic acids is 2. The molecule has 15 heteroatoms. The predicted octanol–water partition coefficient (Wildman–Crippen LogP) is 3.74. The van der Waals surface area contributed by atoms with Gasteiger partial charge in [-0.25, -0.2) is 36.9 Å². The highest BCUT2D eigenvalue weighted by atomic mass is 19.3. The van der Waals surface area contributed by atoms with Gasteiger partial charge in [0.15, 0.2) is 28.9 Å². The molecule has 1 atom stereocenters. The van der Waals surface area contributed by atoms with Gasteiger partial charge in [0.05, 0.1) is 29.3 Å². The molecule has 43 heavy (non-hydrogen) atoms. The zero-order valence-corrected chi connectivity index (χ0v) is 23.0. The van der Waals surface area contributed by atoms with Crippen LogP contribution in [0.4, 0.5) is 27.8 Å². The van der Waals surface area contributed by atoms with E-state index < -0.39 is 71.9 Å². The number of imidazole rings is 1. The molecule has 2 aliphatic heterocycles. The molecule has 1 saturated heterocycles. The van der Waals surface area contributed by atoms with Crippen molar-refractivity contribution in [3.05, 3.63) is 70.4 Å². The molecule has 3 aromatic heterocycles. The molecule has 224 valence electrons. The third kappa shape index (κ3) is 4.45. The second-order valence-electron chi connectivity index (χ2n) is 11.0.